The predicted molar refractivity (Wildman–Crippen MR) is 71.5 cm³/mol. The molecule has 0 aliphatic heterocycles. The van der Waals surface area contributed by atoms with Crippen molar-refractivity contribution in [3.05, 3.63) is 11.8 Å². The van der Waals surface area contributed by atoms with Crippen molar-refractivity contribution >= 4 is 12.0 Å². The van der Waals surface area contributed by atoms with Gasteiger partial charge in [0, 0.05) is 0 Å². The van der Waals surface area contributed by atoms with Crippen LogP contribution in [-0.4, -0.2) is 56.3 Å². The lowest BCUT2D eigenvalue weighted by Crippen LogP contribution is -2.51. The van der Waals surface area contributed by atoms with Crippen LogP contribution in [0.3, 0.4) is 0 Å². The minimum atomic E-state index is -1.45. The number of nitrogens with one attached hydrogen (secondary N) is 2. The van der Waals surface area contributed by atoms with E-state index < -0.39 is 36.2 Å². The first-order valence-corrected chi connectivity index (χ1v) is 6.43. The number of aromatic nitrogens is 2. The molecule has 7 N–H and O–H groups in total. The van der Waals surface area contributed by atoms with Gasteiger partial charge in [0.15, 0.2) is 6.04 Å². The largest absolute Gasteiger partial charge is 0.480 e. The zero-order chi connectivity index (χ0) is 16.9. The van der Waals surface area contributed by atoms with Gasteiger partial charge in [0.1, 0.15) is 12.1 Å². The minimum absolute atomic E-state index is 0.0129. The van der Waals surface area contributed by atoms with Crippen LogP contribution in [-0.2, 0) is 4.79 Å². The average molecular weight is 317 g/mol. The van der Waals surface area contributed by atoms with Crippen LogP contribution in [0.15, 0.2) is 4.42 Å². The number of carboxylic acids is 1. The van der Waals surface area contributed by atoms with Crippen LogP contribution in [0.25, 0.3) is 0 Å². The van der Waals surface area contributed by atoms with Gasteiger partial charge in [-0.3, -0.25) is 0 Å². The molecule has 2 amide bonds. The summed E-state index contributed by atoms with van der Waals surface area (Å²) in [4.78, 5) is 22.6. The van der Waals surface area contributed by atoms with Crippen LogP contribution in [0.1, 0.15) is 37.7 Å². The molecule has 124 valence electrons. The SMILES string of the molecule is CC(NC(=O)NC(C(=O)O)C(C)O)c1nnc(C(N)CO)o1. The van der Waals surface area contributed by atoms with E-state index in [1.807, 2.05) is 0 Å². The summed E-state index contributed by atoms with van der Waals surface area (Å²) in [6.07, 6.45) is -1.27. The van der Waals surface area contributed by atoms with Gasteiger partial charge in [-0.05, 0) is 13.8 Å². The molecule has 1 aromatic rings. The van der Waals surface area contributed by atoms with Crippen molar-refractivity contribution in [3.63, 3.8) is 0 Å². The second-order valence-corrected chi connectivity index (χ2v) is 4.66. The standard InChI is InChI=1S/C11H19N5O6/c1-4(8-15-16-9(22-8)6(12)3-17)13-11(21)14-7(5(2)18)10(19)20/h4-7,17-18H,3,12H2,1-2H3,(H,19,20)(H2,13,14,21). The smallest absolute Gasteiger partial charge is 0.328 e. The molecule has 11 nitrogen and oxygen atoms in total. The number of aliphatic carboxylic acids is 1. The highest BCUT2D eigenvalue weighted by atomic mass is 16.4. The first-order chi connectivity index (χ1) is 10.3. The van der Waals surface area contributed by atoms with Crippen molar-refractivity contribution in [1.29, 1.82) is 0 Å². The molecule has 0 aromatic carbocycles. The van der Waals surface area contributed by atoms with E-state index in [1.54, 1.807) is 0 Å². The number of rotatable bonds is 7. The summed E-state index contributed by atoms with van der Waals surface area (Å²) in [6, 6.07) is -3.83. The van der Waals surface area contributed by atoms with Crippen molar-refractivity contribution < 1.29 is 29.3 Å². The van der Waals surface area contributed by atoms with Gasteiger partial charge >= 0.3 is 12.0 Å². The fraction of sp³-hybridized carbons (Fsp3) is 0.636. The molecule has 1 rings (SSSR count). The first kappa shape index (κ1) is 17.8. The molecule has 0 saturated heterocycles. The van der Waals surface area contributed by atoms with Gasteiger partial charge in [0.25, 0.3) is 0 Å². The van der Waals surface area contributed by atoms with E-state index in [-0.39, 0.29) is 18.4 Å². The fourth-order valence-corrected chi connectivity index (χ4v) is 1.48. The normalized spacial score (nSPS) is 16.4. The summed E-state index contributed by atoms with van der Waals surface area (Å²) in [6.45, 7) is 2.39. The Morgan fingerprint density at radius 3 is 2.36 bits per heavy atom. The van der Waals surface area contributed by atoms with Gasteiger partial charge in [0.05, 0.1) is 12.7 Å². The molecular weight excluding hydrogens is 298 g/mol. The molecule has 0 aliphatic rings. The monoisotopic (exact) mass is 317 g/mol. The Kier molecular flexibility index (Phi) is 6.22. The summed E-state index contributed by atoms with van der Waals surface area (Å²) in [5.74, 6) is -1.32. The van der Waals surface area contributed by atoms with E-state index in [9.17, 15) is 14.7 Å². The Hall–Kier alpha value is -2.24. The third kappa shape index (κ3) is 4.65. The lowest BCUT2D eigenvalue weighted by atomic mass is 10.2. The van der Waals surface area contributed by atoms with E-state index in [1.165, 1.54) is 13.8 Å². The number of urea groups is 1. The predicted octanol–water partition coefficient (Wildman–Crippen LogP) is -1.74. The number of aliphatic hydroxyl groups excluding tert-OH is 2. The second kappa shape index (κ2) is 7.68. The quantitative estimate of drug-likeness (QED) is 0.339. The lowest BCUT2D eigenvalue weighted by Gasteiger charge is -2.18. The summed E-state index contributed by atoms with van der Waals surface area (Å²) >= 11 is 0. The number of hydrogen-bond donors (Lipinski definition) is 6. The summed E-state index contributed by atoms with van der Waals surface area (Å²) in [7, 11) is 0. The van der Waals surface area contributed by atoms with Crippen molar-refractivity contribution in [2.45, 2.75) is 38.1 Å². The van der Waals surface area contributed by atoms with Crippen molar-refractivity contribution in [1.82, 2.24) is 20.8 Å². The molecule has 0 bridgehead atoms. The maximum atomic E-state index is 11.7. The molecule has 1 aromatic heterocycles. The van der Waals surface area contributed by atoms with E-state index in [0.29, 0.717) is 0 Å². The molecule has 0 aliphatic carbocycles. The van der Waals surface area contributed by atoms with Crippen molar-refractivity contribution in [2.24, 2.45) is 5.73 Å². The van der Waals surface area contributed by atoms with E-state index in [2.05, 4.69) is 20.8 Å². The second-order valence-electron chi connectivity index (χ2n) is 4.66. The third-order valence-corrected chi connectivity index (χ3v) is 2.72. The van der Waals surface area contributed by atoms with Crippen molar-refractivity contribution in [3.8, 4) is 0 Å². The zero-order valence-electron chi connectivity index (χ0n) is 12.1. The first-order valence-electron chi connectivity index (χ1n) is 6.43. The van der Waals surface area contributed by atoms with Gasteiger partial charge in [0.2, 0.25) is 11.8 Å². The molecule has 0 fully saturated rings. The Morgan fingerprint density at radius 1 is 1.27 bits per heavy atom. The van der Waals surface area contributed by atoms with Crippen LogP contribution in [0.4, 0.5) is 4.79 Å². The van der Waals surface area contributed by atoms with Crippen LogP contribution in [0, 0.1) is 0 Å². The van der Waals surface area contributed by atoms with Crippen LogP contribution >= 0.6 is 0 Å². The lowest BCUT2D eigenvalue weighted by molar-refractivity contribution is -0.141. The average Bonchev–Trinajstić information content (AvgIpc) is 2.93. The number of carbonyl (C=O) groups is 2. The number of carbonyl (C=O) groups excluding carboxylic acids is 1. The molecule has 1 heterocycles. The molecule has 0 spiro atoms. The van der Waals surface area contributed by atoms with Crippen LogP contribution < -0.4 is 16.4 Å². The Morgan fingerprint density at radius 2 is 1.86 bits per heavy atom. The van der Waals surface area contributed by atoms with Gasteiger partial charge in [-0.15, -0.1) is 10.2 Å². The zero-order valence-corrected chi connectivity index (χ0v) is 12.1. The number of amides is 2. The summed E-state index contributed by atoms with van der Waals surface area (Å²) < 4.78 is 5.18. The molecule has 0 radical (unpaired) electrons. The third-order valence-electron chi connectivity index (χ3n) is 2.72. The van der Waals surface area contributed by atoms with Crippen LogP contribution in [0.5, 0.6) is 0 Å². The molecule has 22 heavy (non-hydrogen) atoms. The molecule has 4 unspecified atom stereocenters. The van der Waals surface area contributed by atoms with Gasteiger partial charge < -0.3 is 36.1 Å². The number of carboxylic acid groups (broad SMARTS) is 1. The van der Waals surface area contributed by atoms with Gasteiger partial charge in [-0.2, -0.15) is 0 Å². The number of nitrogens with zero attached hydrogens (tertiary/aromatic N) is 2. The number of hydrogen-bond acceptors (Lipinski definition) is 8. The Labute approximate surface area is 125 Å². The maximum Gasteiger partial charge on any atom is 0.328 e. The van der Waals surface area contributed by atoms with E-state index >= 15 is 0 Å². The number of aliphatic hydroxyl groups is 2. The summed E-state index contributed by atoms with van der Waals surface area (Å²) in [5, 5.41) is 38.8. The van der Waals surface area contributed by atoms with Gasteiger partial charge in [-0.25, -0.2) is 9.59 Å². The van der Waals surface area contributed by atoms with Crippen molar-refractivity contribution in [2.75, 3.05) is 6.61 Å². The van der Waals surface area contributed by atoms with Gasteiger partial charge in [-0.1, -0.05) is 0 Å². The summed E-state index contributed by atoms with van der Waals surface area (Å²) in [5.41, 5.74) is 5.50. The Balaban J connectivity index is 2.64. The molecule has 4 atom stereocenters. The minimum Gasteiger partial charge on any atom is -0.480 e. The molecule has 0 saturated carbocycles. The Bertz CT molecular complexity index is 519. The highest BCUT2D eigenvalue weighted by Crippen LogP contribution is 2.14. The van der Waals surface area contributed by atoms with E-state index in [4.69, 9.17) is 20.4 Å². The number of nitrogens with two attached hydrogens (primary N) is 1. The maximum absolute atomic E-state index is 11.7. The topological polar surface area (TPSA) is 184 Å². The molecule has 11 heteroatoms. The van der Waals surface area contributed by atoms with Crippen LogP contribution in [0.2, 0.25) is 0 Å². The molecular formula is C11H19N5O6. The van der Waals surface area contributed by atoms with E-state index in [0.717, 1.165) is 0 Å². The highest BCUT2D eigenvalue weighted by molar-refractivity contribution is 5.83. The fourth-order valence-electron chi connectivity index (χ4n) is 1.48. The highest BCUT2D eigenvalue weighted by Gasteiger charge is 2.26.